The van der Waals surface area contributed by atoms with Gasteiger partial charge in [-0.2, -0.15) is 0 Å². The van der Waals surface area contributed by atoms with Crippen molar-refractivity contribution in [3.05, 3.63) is 71.4 Å². The third kappa shape index (κ3) is 4.76. The molecule has 1 heterocycles. The highest BCUT2D eigenvalue weighted by Crippen LogP contribution is 2.23. The average Bonchev–Trinajstić information content (AvgIpc) is 3.08. The number of aromatic amines is 1. The van der Waals surface area contributed by atoms with Crippen LogP contribution < -0.4 is 5.32 Å². The van der Waals surface area contributed by atoms with Gasteiger partial charge in [-0.3, -0.25) is 9.59 Å². The van der Waals surface area contributed by atoms with Crippen molar-refractivity contribution in [3.8, 4) is 0 Å². The molecule has 1 atom stereocenters. The molecule has 0 radical (unpaired) electrons. The van der Waals surface area contributed by atoms with E-state index in [1.54, 1.807) is 0 Å². The first-order chi connectivity index (χ1) is 13.0. The minimum absolute atomic E-state index is 0.0154. The first-order valence-corrected chi connectivity index (χ1v) is 9.16. The van der Waals surface area contributed by atoms with Gasteiger partial charge >= 0.3 is 5.97 Å². The molecule has 0 saturated carbocycles. The molecular weight excluding hydrogens is 340 g/mol. The third-order valence-electron chi connectivity index (χ3n) is 4.81. The predicted molar refractivity (Wildman–Crippen MR) is 106 cm³/mol. The maximum atomic E-state index is 12.5. The first-order valence-electron chi connectivity index (χ1n) is 9.16. The number of carbonyl (C=O) groups excluding carboxylic acids is 1. The number of carbonyl (C=O) groups is 2. The SMILES string of the molecule is Cc1cccc2c(CCC(=O)NC(CCC(=O)O)c3ccccc3)c[nH]c12. The molecule has 3 aromatic rings. The van der Waals surface area contributed by atoms with Crippen molar-refractivity contribution < 1.29 is 14.7 Å². The van der Waals surface area contributed by atoms with Crippen LogP contribution in [0.15, 0.2) is 54.7 Å². The Morgan fingerprint density at radius 2 is 1.85 bits per heavy atom. The van der Waals surface area contributed by atoms with E-state index in [9.17, 15) is 9.59 Å². The number of benzene rings is 2. The van der Waals surface area contributed by atoms with Gasteiger partial charge in [0, 0.05) is 29.9 Å². The van der Waals surface area contributed by atoms with E-state index in [-0.39, 0.29) is 18.4 Å². The molecule has 0 aliphatic heterocycles. The topological polar surface area (TPSA) is 82.2 Å². The number of H-pyrrole nitrogens is 1. The van der Waals surface area contributed by atoms with Crippen LogP contribution in [-0.2, 0) is 16.0 Å². The summed E-state index contributed by atoms with van der Waals surface area (Å²) in [7, 11) is 0. The van der Waals surface area contributed by atoms with Crippen molar-refractivity contribution in [2.24, 2.45) is 0 Å². The average molecular weight is 364 g/mol. The fourth-order valence-corrected chi connectivity index (χ4v) is 3.36. The molecule has 0 spiro atoms. The van der Waals surface area contributed by atoms with E-state index in [1.807, 2.05) is 42.6 Å². The number of aryl methyl sites for hydroxylation is 2. The van der Waals surface area contributed by atoms with E-state index in [0.29, 0.717) is 19.3 Å². The van der Waals surface area contributed by atoms with Crippen LogP contribution in [0.25, 0.3) is 10.9 Å². The van der Waals surface area contributed by atoms with Crippen molar-refractivity contribution in [2.75, 3.05) is 0 Å². The Kier molecular flexibility index (Phi) is 5.91. The number of carboxylic acids is 1. The maximum absolute atomic E-state index is 12.5. The Morgan fingerprint density at radius 3 is 2.59 bits per heavy atom. The molecule has 5 nitrogen and oxygen atoms in total. The summed E-state index contributed by atoms with van der Waals surface area (Å²) in [6.45, 7) is 2.06. The van der Waals surface area contributed by atoms with E-state index < -0.39 is 5.97 Å². The monoisotopic (exact) mass is 364 g/mol. The number of fused-ring (bicyclic) bond motifs is 1. The van der Waals surface area contributed by atoms with Crippen LogP contribution in [0.5, 0.6) is 0 Å². The summed E-state index contributed by atoms with van der Waals surface area (Å²) >= 11 is 0. The number of amides is 1. The van der Waals surface area contributed by atoms with E-state index in [4.69, 9.17) is 5.11 Å². The van der Waals surface area contributed by atoms with Crippen LogP contribution >= 0.6 is 0 Å². The Morgan fingerprint density at radius 1 is 1.07 bits per heavy atom. The number of hydrogen-bond donors (Lipinski definition) is 3. The molecule has 0 aliphatic carbocycles. The Balaban J connectivity index is 1.65. The van der Waals surface area contributed by atoms with E-state index in [0.717, 1.165) is 22.0 Å². The van der Waals surface area contributed by atoms with Crippen LogP contribution in [0.2, 0.25) is 0 Å². The number of aromatic nitrogens is 1. The second-order valence-corrected chi connectivity index (χ2v) is 6.77. The summed E-state index contributed by atoms with van der Waals surface area (Å²) in [5.74, 6) is -0.935. The second kappa shape index (κ2) is 8.54. The lowest BCUT2D eigenvalue weighted by atomic mass is 10.0. The normalized spacial score (nSPS) is 12.0. The highest BCUT2D eigenvalue weighted by molar-refractivity contribution is 5.86. The molecule has 2 aromatic carbocycles. The lowest BCUT2D eigenvalue weighted by Crippen LogP contribution is -2.29. The zero-order valence-electron chi connectivity index (χ0n) is 15.4. The number of rotatable bonds is 8. The Bertz CT molecular complexity index is 931. The van der Waals surface area contributed by atoms with Crippen LogP contribution in [-0.4, -0.2) is 22.0 Å². The zero-order chi connectivity index (χ0) is 19.2. The number of para-hydroxylation sites is 1. The second-order valence-electron chi connectivity index (χ2n) is 6.77. The van der Waals surface area contributed by atoms with Gasteiger partial charge in [-0.15, -0.1) is 0 Å². The lowest BCUT2D eigenvalue weighted by molar-refractivity contribution is -0.137. The third-order valence-corrected chi connectivity index (χ3v) is 4.81. The van der Waals surface area contributed by atoms with Gasteiger partial charge in [0.15, 0.2) is 0 Å². The van der Waals surface area contributed by atoms with E-state index in [2.05, 4.69) is 29.4 Å². The van der Waals surface area contributed by atoms with Gasteiger partial charge in [0.2, 0.25) is 5.91 Å². The van der Waals surface area contributed by atoms with Crippen molar-refractivity contribution in [3.63, 3.8) is 0 Å². The van der Waals surface area contributed by atoms with Crippen molar-refractivity contribution >= 4 is 22.8 Å². The Hall–Kier alpha value is -3.08. The highest BCUT2D eigenvalue weighted by Gasteiger charge is 2.16. The van der Waals surface area contributed by atoms with Gasteiger partial charge in [-0.1, -0.05) is 48.5 Å². The molecule has 0 bridgehead atoms. The molecule has 1 aromatic heterocycles. The molecule has 5 heteroatoms. The summed E-state index contributed by atoms with van der Waals surface area (Å²) in [6, 6.07) is 15.4. The predicted octanol–water partition coefficient (Wildman–Crippen LogP) is 4.13. The smallest absolute Gasteiger partial charge is 0.303 e. The molecule has 3 N–H and O–H groups in total. The Labute approximate surface area is 158 Å². The van der Waals surface area contributed by atoms with Crippen LogP contribution in [0.1, 0.15) is 42.0 Å². The van der Waals surface area contributed by atoms with Gasteiger partial charge in [-0.25, -0.2) is 0 Å². The van der Waals surface area contributed by atoms with Gasteiger partial charge in [0.1, 0.15) is 0 Å². The van der Waals surface area contributed by atoms with Gasteiger partial charge < -0.3 is 15.4 Å². The molecule has 0 saturated heterocycles. The van der Waals surface area contributed by atoms with E-state index in [1.165, 1.54) is 5.56 Å². The summed E-state index contributed by atoms with van der Waals surface area (Å²) in [5, 5.41) is 13.1. The van der Waals surface area contributed by atoms with Gasteiger partial charge in [-0.05, 0) is 36.5 Å². The number of carboxylic acid groups (broad SMARTS) is 1. The van der Waals surface area contributed by atoms with Crippen molar-refractivity contribution in [1.29, 1.82) is 0 Å². The summed E-state index contributed by atoms with van der Waals surface area (Å²) in [4.78, 5) is 26.7. The maximum Gasteiger partial charge on any atom is 0.303 e. The number of nitrogens with one attached hydrogen (secondary N) is 2. The molecule has 27 heavy (non-hydrogen) atoms. The van der Waals surface area contributed by atoms with Crippen LogP contribution in [0, 0.1) is 6.92 Å². The van der Waals surface area contributed by atoms with Crippen LogP contribution in [0.3, 0.4) is 0 Å². The highest BCUT2D eigenvalue weighted by atomic mass is 16.4. The largest absolute Gasteiger partial charge is 0.481 e. The lowest BCUT2D eigenvalue weighted by Gasteiger charge is -2.18. The van der Waals surface area contributed by atoms with Gasteiger partial charge in [0.05, 0.1) is 6.04 Å². The minimum Gasteiger partial charge on any atom is -0.481 e. The fourth-order valence-electron chi connectivity index (χ4n) is 3.36. The van der Waals surface area contributed by atoms with Crippen molar-refractivity contribution in [2.45, 2.75) is 38.6 Å². The quantitative estimate of drug-likeness (QED) is 0.562. The zero-order valence-corrected chi connectivity index (χ0v) is 15.4. The minimum atomic E-state index is -0.862. The molecule has 3 rings (SSSR count). The van der Waals surface area contributed by atoms with Gasteiger partial charge in [0.25, 0.3) is 0 Å². The number of hydrogen-bond acceptors (Lipinski definition) is 2. The molecular formula is C22H24N2O3. The summed E-state index contributed by atoms with van der Waals surface area (Å²) < 4.78 is 0. The van der Waals surface area contributed by atoms with E-state index >= 15 is 0 Å². The molecule has 0 aliphatic rings. The summed E-state index contributed by atoms with van der Waals surface area (Å²) in [6.07, 6.45) is 3.34. The van der Waals surface area contributed by atoms with Crippen molar-refractivity contribution in [1.82, 2.24) is 10.3 Å². The fraction of sp³-hybridized carbons (Fsp3) is 0.273. The molecule has 1 unspecified atom stereocenters. The molecule has 140 valence electrons. The van der Waals surface area contributed by atoms with Crippen LogP contribution in [0.4, 0.5) is 0 Å². The number of aliphatic carboxylic acids is 1. The molecule has 0 fully saturated rings. The molecule has 1 amide bonds. The summed E-state index contributed by atoms with van der Waals surface area (Å²) in [5.41, 5.74) is 4.33. The standard InChI is InChI=1S/C22H24N2O3/c1-15-6-5-9-18-17(14-23-22(15)18)10-12-20(25)24-19(11-13-21(26)27)16-7-3-2-4-8-16/h2-9,14,19,23H,10-13H2,1H3,(H,24,25)(H,26,27). The first kappa shape index (κ1) is 18.7.